The van der Waals surface area contributed by atoms with Crippen molar-refractivity contribution in [2.75, 3.05) is 19.1 Å². The minimum absolute atomic E-state index is 0.0405. The van der Waals surface area contributed by atoms with Crippen LogP contribution >= 0.6 is 0 Å². The highest BCUT2D eigenvalue weighted by atomic mass is 16.5. The molecule has 6 nitrogen and oxygen atoms in total. The number of methoxy groups -OCH3 is 1. The quantitative estimate of drug-likeness (QED) is 0.496. The van der Waals surface area contributed by atoms with Crippen LogP contribution in [0.3, 0.4) is 0 Å². The van der Waals surface area contributed by atoms with Crippen molar-refractivity contribution in [1.29, 1.82) is 0 Å². The first-order valence-corrected chi connectivity index (χ1v) is 5.41. The summed E-state index contributed by atoms with van der Waals surface area (Å²) in [6.45, 7) is 2.53. The van der Waals surface area contributed by atoms with Gasteiger partial charge in [-0.15, -0.1) is 0 Å². The van der Waals surface area contributed by atoms with Crippen LogP contribution in [0.5, 0.6) is 0 Å². The Morgan fingerprint density at radius 1 is 1.59 bits per heavy atom. The molecule has 1 rings (SSSR count). The summed E-state index contributed by atoms with van der Waals surface area (Å²) in [6.07, 6.45) is 0.761. The Balaban J connectivity index is 2.56. The molecule has 1 heterocycles. The highest BCUT2D eigenvalue weighted by molar-refractivity contribution is 5.92. The number of nitrogens with zero attached hydrogens (tertiary/aromatic N) is 1. The number of hydrogen-bond acceptors (Lipinski definition) is 5. The van der Waals surface area contributed by atoms with Gasteiger partial charge < -0.3 is 15.5 Å². The van der Waals surface area contributed by atoms with Gasteiger partial charge in [-0.05, 0) is 25.5 Å². The zero-order valence-corrected chi connectivity index (χ0v) is 10.1. The van der Waals surface area contributed by atoms with Gasteiger partial charge in [-0.25, -0.2) is 10.8 Å². The number of rotatable bonds is 6. The van der Waals surface area contributed by atoms with Crippen molar-refractivity contribution < 1.29 is 9.53 Å². The van der Waals surface area contributed by atoms with E-state index in [2.05, 4.69) is 15.7 Å². The number of hydrazine groups is 1. The van der Waals surface area contributed by atoms with Crippen LogP contribution in [0.4, 0.5) is 5.82 Å². The van der Waals surface area contributed by atoms with Gasteiger partial charge in [0.1, 0.15) is 11.5 Å². The minimum atomic E-state index is -0.217. The molecule has 1 unspecified atom stereocenters. The van der Waals surface area contributed by atoms with Crippen LogP contribution in [0.25, 0.3) is 0 Å². The molecule has 1 aromatic rings. The fourth-order valence-corrected chi connectivity index (χ4v) is 1.31. The number of pyridine rings is 1. The smallest absolute Gasteiger partial charge is 0.270 e. The van der Waals surface area contributed by atoms with Crippen molar-refractivity contribution in [3.63, 3.8) is 0 Å². The van der Waals surface area contributed by atoms with E-state index in [0.717, 1.165) is 6.42 Å². The molecule has 0 bridgehead atoms. The summed E-state index contributed by atoms with van der Waals surface area (Å²) < 4.78 is 4.94. The lowest BCUT2D eigenvalue weighted by atomic mass is 10.2. The Morgan fingerprint density at radius 2 is 2.35 bits per heavy atom. The maximum absolute atomic E-state index is 11.8. The van der Waals surface area contributed by atoms with Crippen molar-refractivity contribution in [2.24, 2.45) is 5.84 Å². The molecule has 0 aliphatic carbocycles. The van der Waals surface area contributed by atoms with Gasteiger partial charge in [0.25, 0.3) is 5.91 Å². The number of carbonyl (C=O) groups is 1. The average Bonchev–Trinajstić information content (AvgIpc) is 2.36. The lowest BCUT2D eigenvalue weighted by Gasteiger charge is -2.13. The summed E-state index contributed by atoms with van der Waals surface area (Å²) in [5, 5.41) is 2.83. The molecule has 0 spiro atoms. The van der Waals surface area contributed by atoms with E-state index in [1.165, 1.54) is 0 Å². The van der Waals surface area contributed by atoms with Gasteiger partial charge in [0.15, 0.2) is 0 Å². The topological polar surface area (TPSA) is 89.3 Å². The van der Waals surface area contributed by atoms with Crippen LogP contribution < -0.4 is 16.6 Å². The van der Waals surface area contributed by atoms with Gasteiger partial charge in [0.2, 0.25) is 0 Å². The fourth-order valence-electron chi connectivity index (χ4n) is 1.31. The molecule has 1 atom stereocenters. The zero-order chi connectivity index (χ0) is 12.7. The van der Waals surface area contributed by atoms with Gasteiger partial charge >= 0.3 is 0 Å². The summed E-state index contributed by atoms with van der Waals surface area (Å²) in [7, 11) is 1.63. The number of aromatic nitrogens is 1. The number of amides is 1. The van der Waals surface area contributed by atoms with Crippen LogP contribution in [-0.4, -0.2) is 30.6 Å². The Bertz CT molecular complexity index is 370. The lowest BCUT2D eigenvalue weighted by Crippen LogP contribution is -2.34. The van der Waals surface area contributed by atoms with Crippen molar-refractivity contribution >= 4 is 11.7 Å². The number of ether oxygens (including phenoxy) is 1. The maximum Gasteiger partial charge on any atom is 0.270 e. The van der Waals surface area contributed by atoms with Crippen LogP contribution in [0.2, 0.25) is 0 Å². The summed E-state index contributed by atoms with van der Waals surface area (Å²) in [5.41, 5.74) is 2.74. The van der Waals surface area contributed by atoms with Crippen molar-refractivity contribution in [1.82, 2.24) is 10.3 Å². The van der Waals surface area contributed by atoms with Crippen LogP contribution in [-0.2, 0) is 4.74 Å². The van der Waals surface area contributed by atoms with Gasteiger partial charge in [-0.1, -0.05) is 6.07 Å². The Hall–Kier alpha value is -1.66. The summed E-state index contributed by atoms with van der Waals surface area (Å²) in [4.78, 5) is 15.8. The molecule has 0 saturated carbocycles. The van der Waals surface area contributed by atoms with Crippen LogP contribution in [0, 0.1) is 0 Å². The number of anilines is 1. The second-order valence-electron chi connectivity index (χ2n) is 3.71. The van der Waals surface area contributed by atoms with Crippen LogP contribution in [0.1, 0.15) is 23.8 Å². The molecule has 4 N–H and O–H groups in total. The highest BCUT2D eigenvalue weighted by Crippen LogP contribution is 2.03. The molecule has 0 saturated heterocycles. The molecule has 6 heteroatoms. The summed E-state index contributed by atoms with van der Waals surface area (Å²) in [5.74, 6) is 5.47. The molecule has 1 aromatic heterocycles. The average molecular weight is 238 g/mol. The van der Waals surface area contributed by atoms with Gasteiger partial charge in [-0.3, -0.25) is 4.79 Å². The van der Waals surface area contributed by atoms with E-state index in [4.69, 9.17) is 10.6 Å². The van der Waals surface area contributed by atoms with E-state index in [-0.39, 0.29) is 11.9 Å². The second kappa shape index (κ2) is 6.82. The zero-order valence-electron chi connectivity index (χ0n) is 10.1. The van der Waals surface area contributed by atoms with Crippen molar-refractivity contribution in [2.45, 2.75) is 19.4 Å². The summed E-state index contributed by atoms with van der Waals surface area (Å²) in [6, 6.07) is 5.08. The van der Waals surface area contributed by atoms with Gasteiger partial charge in [-0.2, -0.15) is 0 Å². The van der Waals surface area contributed by atoms with E-state index in [1.807, 2.05) is 6.92 Å². The molecule has 0 aliphatic rings. The Labute approximate surface area is 101 Å². The van der Waals surface area contributed by atoms with E-state index in [1.54, 1.807) is 25.3 Å². The molecule has 0 aliphatic heterocycles. The third-order valence-corrected chi connectivity index (χ3v) is 2.26. The minimum Gasteiger partial charge on any atom is -0.385 e. The number of hydrogen-bond donors (Lipinski definition) is 3. The number of nitrogen functional groups attached to an aromatic ring is 1. The van der Waals surface area contributed by atoms with E-state index in [9.17, 15) is 4.79 Å². The SMILES string of the molecule is COCCC(C)NC(=O)c1cccc(NN)n1. The van der Waals surface area contributed by atoms with Gasteiger partial charge in [0, 0.05) is 19.8 Å². The van der Waals surface area contributed by atoms with Crippen LogP contribution in [0.15, 0.2) is 18.2 Å². The number of nitrogens with two attached hydrogens (primary N) is 1. The second-order valence-corrected chi connectivity index (χ2v) is 3.71. The molecule has 1 amide bonds. The first kappa shape index (κ1) is 13.4. The molecule has 17 heavy (non-hydrogen) atoms. The molecule has 0 fully saturated rings. The van der Waals surface area contributed by atoms with E-state index < -0.39 is 0 Å². The Kier molecular flexibility index (Phi) is 5.38. The predicted molar refractivity (Wildman–Crippen MR) is 65.5 cm³/mol. The molecular weight excluding hydrogens is 220 g/mol. The number of nitrogens with one attached hydrogen (secondary N) is 2. The van der Waals surface area contributed by atoms with E-state index >= 15 is 0 Å². The van der Waals surface area contributed by atoms with E-state index in [0.29, 0.717) is 18.1 Å². The standard InChI is InChI=1S/C11H18N4O2/c1-8(6-7-17-2)13-11(16)9-4-3-5-10(14-9)15-12/h3-5,8H,6-7,12H2,1-2H3,(H,13,16)(H,14,15). The first-order chi connectivity index (χ1) is 8.17. The molecular formula is C11H18N4O2. The van der Waals surface area contributed by atoms with Crippen molar-refractivity contribution in [3.05, 3.63) is 23.9 Å². The third-order valence-electron chi connectivity index (χ3n) is 2.26. The first-order valence-electron chi connectivity index (χ1n) is 5.41. The van der Waals surface area contributed by atoms with Crippen molar-refractivity contribution in [3.8, 4) is 0 Å². The maximum atomic E-state index is 11.8. The third kappa shape index (κ3) is 4.38. The Morgan fingerprint density at radius 3 is 3.00 bits per heavy atom. The number of carbonyl (C=O) groups excluding carboxylic acids is 1. The lowest BCUT2D eigenvalue weighted by molar-refractivity contribution is 0.0924. The predicted octanol–water partition coefficient (Wildman–Crippen LogP) is 0.522. The monoisotopic (exact) mass is 238 g/mol. The molecule has 0 aromatic carbocycles. The summed E-state index contributed by atoms with van der Waals surface area (Å²) >= 11 is 0. The molecule has 0 radical (unpaired) electrons. The molecule has 94 valence electrons. The fraction of sp³-hybridized carbons (Fsp3) is 0.455. The van der Waals surface area contributed by atoms with Gasteiger partial charge in [0.05, 0.1) is 0 Å². The highest BCUT2D eigenvalue weighted by Gasteiger charge is 2.11. The largest absolute Gasteiger partial charge is 0.385 e. The normalized spacial score (nSPS) is 11.9.